The van der Waals surface area contributed by atoms with Gasteiger partial charge in [-0.1, -0.05) is 56.5 Å². The molecule has 1 saturated heterocycles. The normalized spacial score (nSPS) is 21.9. The number of hydrogen-bond donors (Lipinski definition) is 0. The Morgan fingerprint density at radius 1 is 1.17 bits per heavy atom. The summed E-state index contributed by atoms with van der Waals surface area (Å²) in [6.45, 7) is 9.20. The van der Waals surface area contributed by atoms with E-state index in [9.17, 15) is 14.4 Å². The Kier molecular flexibility index (Phi) is 7.44. The van der Waals surface area contributed by atoms with E-state index in [0.717, 1.165) is 29.7 Å². The average molecular weight is 404 g/mol. The number of hydrogen-bond acceptors (Lipinski definition) is 5. The Balaban J connectivity index is 2.21. The van der Waals surface area contributed by atoms with Crippen molar-refractivity contribution in [2.24, 2.45) is 5.41 Å². The van der Waals surface area contributed by atoms with Gasteiger partial charge < -0.3 is 9.47 Å². The highest BCUT2D eigenvalue weighted by molar-refractivity contribution is 5.99. The third kappa shape index (κ3) is 5.81. The topological polar surface area (TPSA) is 72.9 Å². The lowest BCUT2D eigenvalue weighted by Gasteiger charge is -2.33. The largest absolute Gasteiger partial charge is 0.460 e. The van der Waals surface area contributed by atoms with E-state index in [-0.39, 0.29) is 18.9 Å². The van der Waals surface area contributed by atoms with Crippen molar-refractivity contribution in [1.82, 2.24) is 4.90 Å². The van der Waals surface area contributed by atoms with Gasteiger partial charge in [0.15, 0.2) is 0 Å². The summed E-state index contributed by atoms with van der Waals surface area (Å²) in [7, 11) is 0. The van der Waals surface area contributed by atoms with Crippen molar-refractivity contribution in [3.63, 3.8) is 0 Å². The van der Waals surface area contributed by atoms with Gasteiger partial charge in [0.25, 0.3) is 0 Å². The molecular formula is C23H33NO5. The number of carbonyl (C=O) groups is 3. The molecule has 0 unspecified atom stereocenters. The van der Waals surface area contributed by atoms with E-state index in [1.807, 2.05) is 30.3 Å². The highest BCUT2D eigenvalue weighted by Gasteiger charge is 2.56. The van der Waals surface area contributed by atoms with Gasteiger partial charge in [-0.05, 0) is 39.7 Å². The van der Waals surface area contributed by atoms with Crippen molar-refractivity contribution in [3.05, 3.63) is 35.9 Å². The van der Waals surface area contributed by atoms with Gasteiger partial charge in [0.2, 0.25) is 5.91 Å². The number of amides is 2. The number of unbranched alkanes of at least 4 members (excludes halogenated alkanes) is 2. The Morgan fingerprint density at radius 2 is 1.83 bits per heavy atom. The van der Waals surface area contributed by atoms with Crippen LogP contribution >= 0.6 is 0 Å². The van der Waals surface area contributed by atoms with E-state index in [4.69, 9.17) is 9.47 Å². The van der Waals surface area contributed by atoms with Crippen molar-refractivity contribution >= 4 is 18.0 Å². The van der Waals surface area contributed by atoms with Gasteiger partial charge in [-0.15, -0.1) is 0 Å². The first-order chi connectivity index (χ1) is 13.6. The van der Waals surface area contributed by atoms with E-state index in [2.05, 4.69) is 6.92 Å². The zero-order chi connectivity index (χ0) is 21.7. The quantitative estimate of drug-likeness (QED) is 0.480. The first kappa shape index (κ1) is 22.9. The van der Waals surface area contributed by atoms with Crippen molar-refractivity contribution in [2.75, 3.05) is 0 Å². The molecule has 0 bridgehead atoms. The number of ether oxygens (including phenoxy) is 2. The van der Waals surface area contributed by atoms with Crippen LogP contribution in [0, 0.1) is 5.41 Å². The third-order valence-corrected chi connectivity index (χ3v) is 5.18. The zero-order valence-electron chi connectivity index (χ0n) is 18.2. The molecule has 1 aliphatic heterocycles. The molecule has 2 atom stereocenters. The summed E-state index contributed by atoms with van der Waals surface area (Å²) >= 11 is 0. The highest BCUT2D eigenvalue weighted by atomic mass is 16.6. The van der Waals surface area contributed by atoms with E-state index in [1.54, 1.807) is 27.7 Å². The maximum absolute atomic E-state index is 13.0. The molecule has 1 aromatic rings. The fourth-order valence-corrected chi connectivity index (χ4v) is 3.65. The number of rotatable bonds is 7. The van der Waals surface area contributed by atoms with Gasteiger partial charge in [-0.3, -0.25) is 9.59 Å². The van der Waals surface area contributed by atoms with Crippen LogP contribution in [0.2, 0.25) is 0 Å². The van der Waals surface area contributed by atoms with Crippen LogP contribution in [-0.4, -0.2) is 34.5 Å². The standard InChI is InChI=1S/C23H33NO5/c1-6-7-9-14-18-23(5,20(26)28-16-17-12-10-8-11-13-17)15-19(25)24(18)21(27)29-22(2,3)4/h8,10-13,18H,6-7,9,14-16H2,1-5H3/t18-,23-/m0/s1. The second kappa shape index (κ2) is 9.42. The van der Waals surface area contributed by atoms with Crippen molar-refractivity contribution < 1.29 is 23.9 Å². The number of likely N-dealkylation sites (tertiary alicyclic amines) is 1. The number of imide groups is 1. The molecule has 0 N–H and O–H groups in total. The predicted octanol–water partition coefficient (Wildman–Crippen LogP) is 4.85. The van der Waals surface area contributed by atoms with Crippen LogP contribution in [0.1, 0.15) is 72.3 Å². The van der Waals surface area contributed by atoms with Gasteiger partial charge in [-0.25, -0.2) is 9.69 Å². The lowest BCUT2D eigenvalue weighted by atomic mass is 9.80. The molecule has 2 amide bonds. The van der Waals surface area contributed by atoms with Crippen molar-refractivity contribution in [3.8, 4) is 0 Å². The second-order valence-electron chi connectivity index (χ2n) is 8.91. The number of benzene rings is 1. The molecule has 1 fully saturated rings. The minimum absolute atomic E-state index is 0.0589. The Labute approximate surface area is 173 Å². The molecule has 6 heteroatoms. The van der Waals surface area contributed by atoms with Gasteiger partial charge in [0.05, 0.1) is 11.5 Å². The fourth-order valence-electron chi connectivity index (χ4n) is 3.65. The van der Waals surface area contributed by atoms with Gasteiger partial charge in [-0.2, -0.15) is 0 Å². The minimum atomic E-state index is -1.09. The third-order valence-electron chi connectivity index (χ3n) is 5.18. The Morgan fingerprint density at radius 3 is 2.41 bits per heavy atom. The lowest BCUT2D eigenvalue weighted by Crippen LogP contribution is -2.48. The molecule has 1 heterocycles. The lowest BCUT2D eigenvalue weighted by molar-refractivity contribution is -0.158. The highest BCUT2D eigenvalue weighted by Crippen LogP contribution is 2.42. The molecule has 0 aromatic heterocycles. The van der Waals surface area contributed by atoms with E-state index in [0.29, 0.717) is 6.42 Å². The molecule has 0 aliphatic carbocycles. The van der Waals surface area contributed by atoms with E-state index >= 15 is 0 Å². The second-order valence-corrected chi connectivity index (χ2v) is 8.91. The molecular weight excluding hydrogens is 370 g/mol. The van der Waals surface area contributed by atoms with E-state index < -0.39 is 29.1 Å². The summed E-state index contributed by atoms with van der Waals surface area (Å²) in [4.78, 5) is 39.7. The van der Waals surface area contributed by atoms with Crippen molar-refractivity contribution in [1.29, 1.82) is 0 Å². The fraction of sp³-hybridized carbons (Fsp3) is 0.609. The molecule has 160 valence electrons. The first-order valence-corrected chi connectivity index (χ1v) is 10.3. The van der Waals surface area contributed by atoms with Crippen LogP contribution in [0.5, 0.6) is 0 Å². The van der Waals surface area contributed by atoms with E-state index in [1.165, 1.54) is 0 Å². The SMILES string of the molecule is CCCCC[C@@H]1N(C(=O)OC(C)(C)C)C(=O)C[C@]1(C)C(=O)OCc1ccccc1. The van der Waals surface area contributed by atoms with Gasteiger partial charge >= 0.3 is 12.1 Å². The molecule has 29 heavy (non-hydrogen) atoms. The smallest absolute Gasteiger partial charge is 0.417 e. The van der Waals surface area contributed by atoms with Crippen LogP contribution in [-0.2, 0) is 25.7 Å². The zero-order valence-corrected chi connectivity index (χ0v) is 18.2. The summed E-state index contributed by atoms with van der Waals surface area (Å²) in [5, 5.41) is 0. The Hall–Kier alpha value is -2.37. The first-order valence-electron chi connectivity index (χ1n) is 10.3. The molecule has 6 nitrogen and oxygen atoms in total. The summed E-state index contributed by atoms with van der Waals surface area (Å²) in [6.07, 6.45) is 2.58. The van der Waals surface area contributed by atoms with Gasteiger partial charge in [0, 0.05) is 6.42 Å². The summed E-state index contributed by atoms with van der Waals surface area (Å²) < 4.78 is 11.0. The number of esters is 1. The van der Waals surface area contributed by atoms with Crippen LogP contribution in [0.3, 0.4) is 0 Å². The monoisotopic (exact) mass is 403 g/mol. The Bertz CT molecular complexity index is 725. The van der Waals surface area contributed by atoms with Gasteiger partial charge in [0.1, 0.15) is 12.2 Å². The maximum atomic E-state index is 13.0. The molecule has 0 saturated carbocycles. The van der Waals surface area contributed by atoms with Crippen LogP contribution in [0.4, 0.5) is 4.79 Å². The summed E-state index contributed by atoms with van der Waals surface area (Å²) in [5.74, 6) is -0.845. The molecule has 1 aromatic carbocycles. The molecule has 0 spiro atoms. The summed E-state index contributed by atoms with van der Waals surface area (Å²) in [6, 6.07) is 8.83. The average Bonchev–Trinajstić information content (AvgIpc) is 2.90. The molecule has 0 radical (unpaired) electrons. The number of nitrogens with zero attached hydrogens (tertiary/aromatic N) is 1. The minimum Gasteiger partial charge on any atom is -0.460 e. The van der Waals surface area contributed by atoms with Crippen LogP contribution in [0.25, 0.3) is 0 Å². The van der Waals surface area contributed by atoms with Crippen molar-refractivity contribution in [2.45, 2.75) is 85.0 Å². The molecule has 1 aliphatic rings. The maximum Gasteiger partial charge on any atom is 0.417 e. The molecule has 2 rings (SSSR count). The summed E-state index contributed by atoms with van der Waals surface area (Å²) in [5.41, 5.74) is -0.936. The predicted molar refractivity (Wildman–Crippen MR) is 110 cm³/mol. The van der Waals surface area contributed by atoms with Crippen LogP contribution < -0.4 is 0 Å². The van der Waals surface area contributed by atoms with Crippen LogP contribution in [0.15, 0.2) is 30.3 Å². The number of carbonyl (C=O) groups excluding carboxylic acids is 3.